The van der Waals surface area contributed by atoms with Crippen molar-refractivity contribution in [3.8, 4) is 11.6 Å². The predicted molar refractivity (Wildman–Crippen MR) is 67.7 cm³/mol. The lowest BCUT2D eigenvalue weighted by atomic mass is 10.3. The molecule has 0 aliphatic heterocycles. The number of methoxy groups -OCH3 is 1. The van der Waals surface area contributed by atoms with Gasteiger partial charge in [0.2, 0.25) is 5.88 Å². The number of hydrogen-bond acceptors (Lipinski definition) is 4. The van der Waals surface area contributed by atoms with Crippen LogP contribution < -0.4 is 9.47 Å². The Morgan fingerprint density at radius 2 is 2.22 bits per heavy atom. The molecule has 0 radical (unpaired) electrons. The molecule has 0 N–H and O–H groups in total. The number of hydrogen-bond donors (Lipinski definition) is 0. The molecule has 2 rings (SSSR count). The Labute approximate surface area is 106 Å². The summed E-state index contributed by atoms with van der Waals surface area (Å²) >= 11 is 0. The first-order valence-corrected chi connectivity index (χ1v) is 5.85. The summed E-state index contributed by atoms with van der Waals surface area (Å²) in [6.07, 6.45) is 5.29. The van der Waals surface area contributed by atoms with E-state index in [4.69, 9.17) is 9.47 Å². The number of rotatable bonds is 5. The van der Waals surface area contributed by atoms with Gasteiger partial charge in [-0.3, -0.25) is 4.68 Å². The molecule has 2 aromatic rings. The van der Waals surface area contributed by atoms with E-state index in [0.29, 0.717) is 18.5 Å². The van der Waals surface area contributed by atoms with Gasteiger partial charge in [0.25, 0.3) is 0 Å². The van der Waals surface area contributed by atoms with Crippen molar-refractivity contribution in [3.63, 3.8) is 0 Å². The third-order valence-electron chi connectivity index (χ3n) is 2.54. The van der Waals surface area contributed by atoms with Crippen LogP contribution in [0.25, 0.3) is 0 Å². The molecule has 0 aliphatic carbocycles. The van der Waals surface area contributed by atoms with E-state index in [1.54, 1.807) is 19.5 Å². The van der Waals surface area contributed by atoms with Gasteiger partial charge in [0.05, 0.1) is 25.1 Å². The van der Waals surface area contributed by atoms with Crippen LogP contribution >= 0.6 is 0 Å². The number of ether oxygens (including phenoxy) is 2. The molecule has 96 valence electrons. The number of nitrogens with zero attached hydrogens (tertiary/aromatic N) is 3. The lowest BCUT2D eigenvalue weighted by Gasteiger charge is -2.07. The Balaban J connectivity index is 2.02. The van der Waals surface area contributed by atoms with Crippen LogP contribution in [-0.4, -0.2) is 21.9 Å². The molecule has 0 spiro atoms. The summed E-state index contributed by atoms with van der Waals surface area (Å²) in [7, 11) is 1.60. The minimum absolute atomic E-state index is 0.329. The zero-order chi connectivity index (χ0) is 13.0. The molecule has 0 saturated heterocycles. The Morgan fingerprint density at radius 3 is 2.89 bits per heavy atom. The van der Waals surface area contributed by atoms with Crippen LogP contribution in [0.2, 0.25) is 0 Å². The molecule has 0 bridgehead atoms. The summed E-state index contributed by atoms with van der Waals surface area (Å²) in [5, 5.41) is 4.22. The van der Waals surface area contributed by atoms with Gasteiger partial charge in [0.15, 0.2) is 5.75 Å². The largest absolute Gasteiger partial charge is 0.485 e. The van der Waals surface area contributed by atoms with Gasteiger partial charge >= 0.3 is 0 Å². The van der Waals surface area contributed by atoms with Gasteiger partial charge in [0.1, 0.15) is 6.61 Å². The second-order valence-electron chi connectivity index (χ2n) is 4.21. The van der Waals surface area contributed by atoms with Crippen LogP contribution in [-0.2, 0) is 6.61 Å². The molecule has 5 nitrogen and oxygen atoms in total. The lowest BCUT2D eigenvalue weighted by Crippen LogP contribution is -2.01. The minimum atomic E-state index is 0.329. The monoisotopic (exact) mass is 247 g/mol. The van der Waals surface area contributed by atoms with Crippen molar-refractivity contribution < 1.29 is 9.47 Å². The van der Waals surface area contributed by atoms with Crippen molar-refractivity contribution in [1.82, 2.24) is 14.8 Å². The summed E-state index contributed by atoms with van der Waals surface area (Å²) in [5.74, 6) is 1.34. The highest BCUT2D eigenvalue weighted by Crippen LogP contribution is 2.18. The summed E-state index contributed by atoms with van der Waals surface area (Å²) in [5.41, 5.74) is 0.914. The SMILES string of the molecule is COc1ncccc1COc1cnn(C(C)C)c1. The van der Waals surface area contributed by atoms with E-state index < -0.39 is 0 Å². The second-order valence-corrected chi connectivity index (χ2v) is 4.21. The first kappa shape index (κ1) is 12.4. The van der Waals surface area contributed by atoms with Gasteiger partial charge in [-0.05, 0) is 26.0 Å². The highest BCUT2D eigenvalue weighted by molar-refractivity contribution is 5.25. The Bertz CT molecular complexity index is 508. The Hall–Kier alpha value is -2.04. The standard InChI is InChI=1S/C13H17N3O2/c1-10(2)16-8-12(7-15-16)18-9-11-5-4-6-14-13(11)17-3/h4-8,10H,9H2,1-3H3. The average Bonchev–Trinajstić information content (AvgIpc) is 2.85. The molecule has 0 aliphatic rings. The molecular weight excluding hydrogens is 230 g/mol. The molecule has 0 unspecified atom stereocenters. The maximum absolute atomic E-state index is 5.66. The van der Waals surface area contributed by atoms with E-state index in [1.807, 2.05) is 23.0 Å². The highest BCUT2D eigenvalue weighted by Gasteiger charge is 2.06. The zero-order valence-electron chi connectivity index (χ0n) is 10.8. The quantitative estimate of drug-likeness (QED) is 0.814. The van der Waals surface area contributed by atoms with E-state index in [2.05, 4.69) is 23.9 Å². The second kappa shape index (κ2) is 5.53. The van der Waals surface area contributed by atoms with Crippen molar-refractivity contribution in [2.45, 2.75) is 26.5 Å². The fraction of sp³-hybridized carbons (Fsp3) is 0.385. The van der Waals surface area contributed by atoms with Crippen LogP contribution in [0, 0.1) is 0 Å². The smallest absolute Gasteiger partial charge is 0.219 e. The lowest BCUT2D eigenvalue weighted by molar-refractivity contribution is 0.293. The number of pyridine rings is 1. The maximum atomic E-state index is 5.66. The van der Waals surface area contributed by atoms with Gasteiger partial charge in [0, 0.05) is 12.2 Å². The predicted octanol–water partition coefficient (Wildman–Crippen LogP) is 2.45. The van der Waals surface area contributed by atoms with E-state index in [0.717, 1.165) is 11.3 Å². The van der Waals surface area contributed by atoms with E-state index in [-0.39, 0.29) is 0 Å². The Morgan fingerprint density at radius 1 is 1.39 bits per heavy atom. The highest BCUT2D eigenvalue weighted by atomic mass is 16.5. The molecule has 0 amide bonds. The van der Waals surface area contributed by atoms with Gasteiger partial charge < -0.3 is 9.47 Å². The molecule has 0 fully saturated rings. The van der Waals surface area contributed by atoms with E-state index >= 15 is 0 Å². The molecular formula is C13H17N3O2. The summed E-state index contributed by atoms with van der Waals surface area (Å²) in [6.45, 7) is 4.56. The molecule has 2 heterocycles. The van der Waals surface area contributed by atoms with Gasteiger partial charge in [-0.25, -0.2) is 4.98 Å². The van der Waals surface area contributed by atoms with Crippen molar-refractivity contribution >= 4 is 0 Å². The maximum Gasteiger partial charge on any atom is 0.219 e. The van der Waals surface area contributed by atoms with Gasteiger partial charge in [-0.1, -0.05) is 0 Å². The fourth-order valence-electron chi connectivity index (χ4n) is 1.56. The fourth-order valence-corrected chi connectivity index (χ4v) is 1.56. The first-order valence-electron chi connectivity index (χ1n) is 5.85. The molecule has 18 heavy (non-hydrogen) atoms. The van der Waals surface area contributed by atoms with Crippen molar-refractivity contribution in [3.05, 3.63) is 36.3 Å². The minimum Gasteiger partial charge on any atom is -0.485 e. The van der Waals surface area contributed by atoms with Gasteiger partial charge in [-0.15, -0.1) is 0 Å². The Kier molecular flexibility index (Phi) is 3.82. The van der Waals surface area contributed by atoms with Crippen molar-refractivity contribution in [2.75, 3.05) is 7.11 Å². The van der Waals surface area contributed by atoms with E-state index in [1.165, 1.54) is 0 Å². The van der Waals surface area contributed by atoms with Crippen LogP contribution in [0.3, 0.4) is 0 Å². The normalized spacial score (nSPS) is 10.7. The molecule has 2 aromatic heterocycles. The number of aromatic nitrogens is 3. The third-order valence-corrected chi connectivity index (χ3v) is 2.54. The van der Waals surface area contributed by atoms with Crippen LogP contribution in [0.1, 0.15) is 25.5 Å². The summed E-state index contributed by atoms with van der Waals surface area (Å²) in [4.78, 5) is 4.12. The molecule has 0 atom stereocenters. The van der Waals surface area contributed by atoms with Crippen molar-refractivity contribution in [1.29, 1.82) is 0 Å². The average molecular weight is 247 g/mol. The van der Waals surface area contributed by atoms with Gasteiger partial charge in [-0.2, -0.15) is 5.10 Å². The molecule has 0 saturated carbocycles. The zero-order valence-corrected chi connectivity index (χ0v) is 10.8. The van der Waals surface area contributed by atoms with Crippen molar-refractivity contribution in [2.24, 2.45) is 0 Å². The third kappa shape index (κ3) is 2.80. The van der Waals surface area contributed by atoms with Crippen LogP contribution in [0.5, 0.6) is 11.6 Å². The van der Waals surface area contributed by atoms with Crippen LogP contribution in [0.4, 0.5) is 0 Å². The molecule has 5 heteroatoms. The summed E-state index contributed by atoms with van der Waals surface area (Å²) < 4.78 is 12.7. The summed E-state index contributed by atoms with van der Waals surface area (Å²) in [6, 6.07) is 4.12. The molecule has 0 aromatic carbocycles. The van der Waals surface area contributed by atoms with Crippen LogP contribution in [0.15, 0.2) is 30.7 Å². The first-order chi connectivity index (χ1) is 8.70. The topological polar surface area (TPSA) is 49.2 Å². The van der Waals surface area contributed by atoms with E-state index in [9.17, 15) is 0 Å².